The van der Waals surface area contributed by atoms with Crippen molar-refractivity contribution in [3.63, 3.8) is 0 Å². The van der Waals surface area contributed by atoms with Crippen LogP contribution in [-0.4, -0.2) is 56.8 Å². The molecule has 0 saturated heterocycles. The summed E-state index contributed by atoms with van der Waals surface area (Å²) in [4.78, 5) is 29.5. The maximum atomic E-state index is 14.3. The van der Waals surface area contributed by atoms with Crippen molar-refractivity contribution in [2.45, 2.75) is 46.7 Å². The highest BCUT2D eigenvalue weighted by molar-refractivity contribution is 7.92. The molecule has 10 heteroatoms. The van der Waals surface area contributed by atoms with Gasteiger partial charge in [0.1, 0.15) is 12.6 Å². The normalized spacial score (nSPS) is 13.1. The van der Waals surface area contributed by atoms with Crippen molar-refractivity contribution in [1.82, 2.24) is 10.2 Å². The van der Waals surface area contributed by atoms with Gasteiger partial charge in [0.05, 0.1) is 11.4 Å². The molecule has 0 aliphatic carbocycles. The van der Waals surface area contributed by atoms with Gasteiger partial charge in [0.25, 0.3) is 0 Å². The van der Waals surface area contributed by atoms with Gasteiger partial charge >= 0.3 is 0 Å². The molecule has 1 N–H and O–H groups in total. The van der Waals surface area contributed by atoms with E-state index in [1.807, 2.05) is 75.4 Å². The van der Waals surface area contributed by atoms with Gasteiger partial charge in [-0.3, -0.25) is 13.9 Å². The maximum Gasteiger partial charge on any atom is 0.244 e. The Hall–Kier alpha value is -4.05. The van der Waals surface area contributed by atoms with Gasteiger partial charge in [-0.25, -0.2) is 8.42 Å². The number of nitrogens with one attached hydrogen (secondary N) is 1. The summed E-state index contributed by atoms with van der Waals surface area (Å²) < 4.78 is 38.6. The molecule has 224 valence electrons. The predicted molar refractivity (Wildman–Crippen MR) is 163 cm³/mol. The van der Waals surface area contributed by atoms with Gasteiger partial charge in [-0.1, -0.05) is 68.4 Å². The largest absolute Gasteiger partial charge is 0.454 e. The van der Waals surface area contributed by atoms with Crippen molar-refractivity contribution in [3.05, 3.63) is 89.5 Å². The highest BCUT2D eigenvalue weighted by Gasteiger charge is 2.34. The molecule has 1 atom stereocenters. The van der Waals surface area contributed by atoms with Crippen LogP contribution in [-0.2, 0) is 32.6 Å². The zero-order valence-electron chi connectivity index (χ0n) is 24.6. The lowest BCUT2D eigenvalue weighted by atomic mass is 10.0. The minimum atomic E-state index is -3.88. The molecule has 4 rings (SSSR count). The number of aryl methyl sites for hydroxylation is 1. The van der Waals surface area contributed by atoms with Crippen LogP contribution in [0.4, 0.5) is 5.69 Å². The van der Waals surface area contributed by atoms with Crippen LogP contribution in [0.15, 0.2) is 72.8 Å². The summed E-state index contributed by atoms with van der Waals surface area (Å²) in [7, 11) is -3.88. The standard InChI is InChI=1S/C32H39N3O6S/c1-5-42(38,39)35(27-15-16-29-30(18-27)41-22-40-29)21-31(36)34(20-26-14-10-9-11-24(26)4)28(32(37)33-19-23(2)3)17-25-12-7-6-8-13-25/h6-16,18,23,28H,5,17,19-22H2,1-4H3,(H,33,37). The number of amides is 2. The Kier molecular flexibility index (Phi) is 10.1. The highest BCUT2D eigenvalue weighted by Crippen LogP contribution is 2.36. The third kappa shape index (κ3) is 7.61. The van der Waals surface area contributed by atoms with Crippen molar-refractivity contribution in [2.75, 3.05) is 29.9 Å². The first-order valence-corrected chi connectivity index (χ1v) is 15.8. The van der Waals surface area contributed by atoms with Crippen LogP contribution in [0.2, 0.25) is 0 Å². The van der Waals surface area contributed by atoms with E-state index in [0.29, 0.717) is 18.0 Å². The molecular weight excluding hydrogens is 554 g/mol. The van der Waals surface area contributed by atoms with Gasteiger partial charge in [0.15, 0.2) is 11.5 Å². The summed E-state index contributed by atoms with van der Waals surface area (Å²) in [5.74, 6) is 0.126. The molecule has 1 unspecified atom stereocenters. The summed E-state index contributed by atoms with van der Waals surface area (Å²) in [5.41, 5.74) is 3.01. The number of fused-ring (bicyclic) bond motifs is 1. The van der Waals surface area contributed by atoms with Crippen LogP contribution in [0.1, 0.15) is 37.5 Å². The topological polar surface area (TPSA) is 105 Å². The quantitative estimate of drug-likeness (QED) is 0.317. The number of benzene rings is 3. The molecular formula is C32H39N3O6S. The Morgan fingerprint density at radius 3 is 2.33 bits per heavy atom. The Labute approximate surface area is 248 Å². The van der Waals surface area contributed by atoms with Gasteiger partial charge < -0.3 is 19.7 Å². The number of carbonyl (C=O) groups is 2. The molecule has 0 saturated carbocycles. The molecule has 0 radical (unpaired) electrons. The van der Waals surface area contributed by atoms with Crippen LogP contribution < -0.4 is 19.1 Å². The molecule has 9 nitrogen and oxygen atoms in total. The molecule has 2 amide bonds. The lowest BCUT2D eigenvalue weighted by Crippen LogP contribution is -2.54. The predicted octanol–water partition coefficient (Wildman–Crippen LogP) is 4.29. The van der Waals surface area contributed by atoms with Crippen molar-refractivity contribution in [1.29, 1.82) is 0 Å². The van der Waals surface area contributed by atoms with E-state index in [9.17, 15) is 18.0 Å². The monoisotopic (exact) mass is 593 g/mol. The second kappa shape index (κ2) is 13.7. The Bertz CT molecular complexity index is 1490. The first kappa shape index (κ1) is 30.9. The van der Waals surface area contributed by atoms with Crippen LogP contribution in [0.25, 0.3) is 0 Å². The van der Waals surface area contributed by atoms with Gasteiger partial charge in [-0.2, -0.15) is 0 Å². The van der Waals surface area contributed by atoms with Crippen LogP contribution in [0, 0.1) is 12.8 Å². The highest BCUT2D eigenvalue weighted by atomic mass is 32.2. The molecule has 0 spiro atoms. The zero-order valence-corrected chi connectivity index (χ0v) is 25.4. The average Bonchev–Trinajstić information content (AvgIpc) is 3.45. The fourth-order valence-electron chi connectivity index (χ4n) is 4.71. The number of hydrogen-bond donors (Lipinski definition) is 1. The number of carbonyl (C=O) groups excluding carboxylic acids is 2. The number of anilines is 1. The van der Waals surface area contributed by atoms with Crippen LogP contribution >= 0.6 is 0 Å². The van der Waals surface area contributed by atoms with Crippen LogP contribution in [0.3, 0.4) is 0 Å². The van der Waals surface area contributed by atoms with E-state index in [-0.39, 0.29) is 43.0 Å². The fourth-order valence-corrected chi connectivity index (χ4v) is 5.76. The molecule has 1 aliphatic heterocycles. The van der Waals surface area contributed by atoms with E-state index in [2.05, 4.69) is 5.32 Å². The first-order valence-electron chi connectivity index (χ1n) is 14.1. The molecule has 3 aromatic rings. The number of ether oxygens (including phenoxy) is 2. The Morgan fingerprint density at radius 1 is 0.952 bits per heavy atom. The molecule has 1 heterocycles. The minimum Gasteiger partial charge on any atom is -0.454 e. The van der Waals surface area contributed by atoms with E-state index in [4.69, 9.17) is 9.47 Å². The summed E-state index contributed by atoms with van der Waals surface area (Å²) in [5, 5.41) is 3.00. The van der Waals surface area contributed by atoms with E-state index >= 15 is 0 Å². The second-order valence-electron chi connectivity index (χ2n) is 10.7. The molecule has 0 aromatic heterocycles. The van der Waals surface area contributed by atoms with E-state index in [0.717, 1.165) is 21.0 Å². The first-order chi connectivity index (χ1) is 20.1. The number of nitrogens with zero attached hydrogens (tertiary/aromatic N) is 2. The summed E-state index contributed by atoms with van der Waals surface area (Å²) in [6.07, 6.45) is 0.271. The van der Waals surface area contributed by atoms with Crippen LogP contribution in [0.5, 0.6) is 11.5 Å². The molecule has 0 fully saturated rings. The molecule has 3 aromatic carbocycles. The summed E-state index contributed by atoms with van der Waals surface area (Å²) in [6, 6.07) is 21.1. The van der Waals surface area contributed by atoms with Gasteiger partial charge in [-0.05, 0) is 48.6 Å². The lowest BCUT2D eigenvalue weighted by molar-refractivity contribution is -0.140. The molecule has 0 bridgehead atoms. The Balaban J connectivity index is 1.75. The van der Waals surface area contributed by atoms with E-state index in [1.165, 1.54) is 11.8 Å². The van der Waals surface area contributed by atoms with Crippen molar-refractivity contribution < 1.29 is 27.5 Å². The fraction of sp³-hybridized carbons (Fsp3) is 0.375. The Morgan fingerprint density at radius 2 is 1.64 bits per heavy atom. The van der Waals surface area contributed by atoms with Crippen molar-refractivity contribution >= 4 is 27.5 Å². The smallest absolute Gasteiger partial charge is 0.244 e. The van der Waals surface area contributed by atoms with Gasteiger partial charge in [0.2, 0.25) is 28.6 Å². The van der Waals surface area contributed by atoms with Gasteiger partial charge in [0, 0.05) is 25.6 Å². The number of rotatable bonds is 13. The van der Waals surface area contributed by atoms with Crippen molar-refractivity contribution in [3.8, 4) is 11.5 Å². The second-order valence-corrected chi connectivity index (χ2v) is 12.9. The SMILES string of the molecule is CCS(=O)(=O)N(CC(=O)N(Cc1ccccc1C)C(Cc1ccccc1)C(=O)NCC(C)C)c1ccc2c(c1)OCO2. The maximum absolute atomic E-state index is 14.3. The van der Waals surface area contributed by atoms with E-state index < -0.39 is 28.5 Å². The average molecular weight is 594 g/mol. The molecule has 1 aliphatic rings. The van der Waals surface area contributed by atoms with E-state index in [1.54, 1.807) is 18.2 Å². The number of hydrogen-bond acceptors (Lipinski definition) is 6. The number of sulfonamides is 1. The summed E-state index contributed by atoms with van der Waals surface area (Å²) in [6.45, 7) is 7.62. The minimum absolute atomic E-state index is 0.0368. The third-order valence-corrected chi connectivity index (χ3v) is 8.92. The third-order valence-electron chi connectivity index (χ3n) is 7.18. The zero-order chi connectivity index (χ0) is 30.3. The lowest BCUT2D eigenvalue weighted by Gasteiger charge is -2.34. The summed E-state index contributed by atoms with van der Waals surface area (Å²) >= 11 is 0. The molecule has 42 heavy (non-hydrogen) atoms. The van der Waals surface area contributed by atoms with Crippen molar-refractivity contribution in [2.24, 2.45) is 5.92 Å². The van der Waals surface area contributed by atoms with Gasteiger partial charge in [-0.15, -0.1) is 0 Å².